The van der Waals surface area contributed by atoms with Crippen LogP contribution in [0.5, 0.6) is 0 Å². The third kappa shape index (κ3) is 5.83. The minimum absolute atomic E-state index is 0.00626. The van der Waals surface area contributed by atoms with Gasteiger partial charge in [0.25, 0.3) is 0 Å². The first-order valence-corrected chi connectivity index (χ1v) is 7.28. The van der Waals surface area contributed by atoms with E-state index in [1.54, 1.807) is 0 Å². The molecule has 1 heterocycles. The molecule has 0 aromatic rings. The minimum atomic E-state index is -0.354. The van der Waals surface area contributed by atoms with Gasteiger partial charge < -0.3 is 15.4 Å². The van der Waals surface area contributed by atoms with Crippen molar-refractivity contribution in [3.05, 3.63) is 0 Å². The Labute approximate surface area is 111 Å². The zero-order valence-corrected chi connectivity index (χ0v) is 12.0. The van der Waals surface area contributed by atoms with Crippen molar-refractivity contribution >= 4 is 5.91 Å². The van der Waals surface area contributed by atoms with E-state index in [-0.39, 0.29) is 18.1 Å². The molecule has 4 heteroatoms. The highest BCUT2D eigenvalue weighted by molar-refractivity contribution is 5.80. The number of hydrogen-bond donors (Lipinski definition) is 2. The number of carbonyl (C=O) groups is 1. The Balaban J connectivity index is 2.18. The lowest BCUT2D eigenvalue weighted by Gasteiger charge is -2.25. The summed E-state index contributed by atoms with van der Waals surface area (Å²) in [6.07, 6.45) is 5.41. The first-order chi connectivity index (χ1) is 8.63. The smallest absolute Gasteiger partial charge is 0.249 e. The monoisotopic (exact) mass is 256 g/mol. The molecule has 106 valence electrons. The number of piperidine rings is 1. The van der Waals surface area contributed by atoms with E-state index in [1.807, 2.05) is 13.8 Å². The molecule has 0 aliphatic carbocycles. The summed E-state index contributed by atoms with van der Waals surface area (Å²) >= 11 is 0. The second-order valence-electron chi connectivity index (χ2n) is 5.32. The Morgan fingerprint density at radius 2 is 2.22 bits per heavy atom. The van der Waals surface area contributed by atoms with E-state index in [1.165, 1.54) is 12.8 Å². The molecule has 3 unspecified atom stereocenters. The fraction of sp³-hybridized carbons (Fsp3) is 0.929. The maximum Gasteiger partial charge on any atom is 0.249 e. The van der Waals surface area contributed by atoms with Gasteiger partial charge in [-0.15, -0.1) is 0 Å². The fourth-order valence-electron chi connectivity index (χ4n) is 2.27. The molecule has 3 atom stereocenters. The minimum Gasteiger partial charge on any atom is -0.367 e. The number of rotatable bonds is 7. The van der Waals surface area contributed by atoms with Gasteiger partial charge in [-0.05, 0) is 39.7 Å². The Kier molecular flexibility index (Phi) is 7.28. The molecular weight excluding hydrogens is 228 g/mol. The van der Waals surface area contributed by atoms with Crippen LogP contribution in [-0.4, -0.2) is 37.2 Å². The van der Waals surface area contributed by atoms with Gasteiger partial charge in [0, 0.05) is 12.1 Å². The van der Waals surface area contributed by atoms with Crippen molar-refractivity contribution in [2.75, 3.05) is 13.2 Å². The van der Waals surface area contributed by atoms with Crippen molar-refractivity contribution in [3.8, 4) is 0 Å². The lowest BCUT2D eigenvalue weighted by atomic mass is 10.1. The number of hydrogen-bond acceptors (Lipinski definition) is 3. The van der Waals surface area contributed by atoms with E-state index in [0.29, 0.717) is 12.6 Å². The lowest BCUT2D eigenvalue weighted by molar-refractivity contribution is -0.132. The van der Waals surface area contributed by atoms with Gasteiger partial charge in [-0.25, -0.2) is 0 Å². The molecule has 1 rings (SSSR count). The predicted octanol–water partition coefficient (Wildman–Crippen LogP) is 1.84. The van der Waals surface area contributed by atoms with Crippen LogP contribution in [0.25, 0.3) is 0 Å². The molecule has 1 fully saturated rings. The topological polar surface area (TPSA) is 50.4 Å². The normalized spacial score (nSPS) is 23.4. The molecule has 1 aliphatic rings. The van der Waals surface area contributed by atoms with Gasteiger partial charge in [0.1, 0.15) is 6.10 Å². The van der Waals surface area contributed by atoms with E-state index in [2.05, 4.69) is 17.6 Å². The summed E-state index contributed by atoms with van der Waals surface area (Å²) in [5, 5.41) is 6.40. The van der Waals surface area contributed by atoms with E-state index >= 15 is 0 Å². The van der Waals surface area contributed by atoms with Gasteiger partial charge in [0.05, 0.1) is 6.61 Å². The van der Waals surface area contributed by atoms with Crippen LogP contribution in [0.3, 0.4) is 0 Å². The Hall–Kier alpha value is -0.610. The van der Waals surface area contributed by atoms with Crippen LogP contribution in [0.2, 0.25) is 0 Å². The van der Waals surface area contributed by atoms with Crippen molar-refractivity contribution < 1.29 is 9.53 Å². The number of amides is 1. The maximum atomic E-state index is 11.8. The second kappa shape index (κ2) is 8.48. The first-order valence-electron chi connectivity index (χ1n) is 7.28. The van der Waals surface area contributed by atoms with Gasteiger partial charge >= 0.3 is 0 Å². The summed E-state index contributed by atoms with van der Waals surface area (Å²) in [5.74, 6) is 0.00626. The van der Waals surface area contributed by atoms with Crippen LogP contribution in [0.1, 0.15) is 52.9 Å². The average molecular weight is 256 g/mol. The molecule has 0 aromatic heterocycles. The van der Waals surface area contributed by atoms with Crippen LogP contribution in [-0.2, 0) is 9.53 Å². The summed E-state index contributed by atoms with van der Waals surface area (Å²) in [6.45, 7) is 7.70. The number of ether oxygens (including phenoxy) is 1. The summed E-state index contributed by atoms with van der Waals surface area (Å²) in [4.78, 5) is 11.8. The molecule has 0 saturated carbocycles. The molecule has 1 amide bonds. The van der Waals surface area contributed by atoms with Gasteiger partial charge in [0.15, 0.2) is 0 Å². The summed E-state index contributed by atoms with van der Waals surface area (Å²) < 4.78 is 5.65. The SMILES string of the molecule is CCCC(C)NC(=O)C(C)OCC1CCCCN1. The predicted molar refractivity (Wildman–Crippen MR) is 73.6 cm³/mol. The van der Waals surface area contributed by atoms with E-state index < -0.39 is 0 Å². The highest BCUT2D eigenvalue weighted by Gasteiger charge is 2.18. The summed E-state index contributed by atoms with van der Waals surface area (Å²) in [7, 11) is 0. The van der Waals surface area contributed by atoms with Gasteiger partial charge in [-0.1, -0.05) is 19.8 Å². The molecule has 1 aliphatic heterocycles. The number of carbonyl (C=O) groups excluding carboxylic acids is 1. The van der Waals surface area contributed by atoms with E-state index in [4.69, 9.17) is 4.74 Å². The van der Waals surface area contributed by atoms with Crippen molar-refractivity contribution in [2.24, 2.45) is 0 Å². The van der Waals surface area contributed by atoms with Gasteiger partial charge in [-0.3, -0.25) is 4.79 Å². The Morgan fingerprint density at radius 1 is 1.44 bits per heavy atom. The zero-order valence-electron chi connectivity index (χ0n) is 12.0. The maximum absolute atomic E-state index is 11.8. The average Bonchev–Trinajstić information content (AvgIpc) is 2.37. The van der Waals surface area contributed by atoms with E-state index in [9.17, 15) is 4.79 Å². The van der Waals surface area contributed by atoms with Gasteiger partial charge in [0.2, 0.25) is 5.91 Å². The highest BCUT2D eigenvalue weighted by atomic mass is 16.5. The summed E-state index contributed by atoms with van der Waals surface area (Å²) in [6, 6.07) is 0.656. The molecule has 0 bridgehead atoms. The third-order valence-corrected chi connectivity index (χ3v) is 3.44. The van der Waals surface area contributed by atoms with Crippen LogP contribution < -0.4 is 10.6 Å². The molecule has 4 nitrogen and oxygen atoms in total. The van der Waals surface area contributed by atoms with Crippen LogP contribution in [0.4, 0.5) is 0 Å². The molecule has 0 aromatic carbocycles. The molecule has 0 spiro atoms. The van der Waals surface area contributed by atoms with Crippen LogP contribution in [0.15, 0.2) is 0 Å². The standard InChI is InChI=1S/C14H28N2O2/c1-4-7-11(2)16-14(17)12(3)18-10-13-8-5-6-9-15-13/h11-13,15H,4-10H2,1-3H3,(H,16,17). The van der Waals surface area contributed by atoms with E-state index in [0.717, 1.165) is 25.8 Å². The molecular formula is C14H28N2O2. The lowest BCUT2D eigenvalue weighted by Crippen LogP contribution is -2.43. The van der Waals surface area contributed by atoms with Crippen LogP contribution >= 0.6 is 0 Å². The van der Waals surface area contributed by atoms with Crippen LogP contribution in [0, 0.1) is 0 Å². The molecule has 1 saturated heterocycles. The van der Waals surface area contributed by atoms with Crippen molar-refractivity contribution in [1.29, 1.82) is 0 Å². The molecule has 2 N–H and O–H groups in total. The zero-order chi connectivity index (χ0) is 13.4. The highest BCUT2D eigenvalue weighted by Crippen LogP contribution is 2.08. The quantitative estimate of drug-likeness (QED) is 0.731. The Morgan fingerprint density at radius 3 is 2.83 bits per heavy atom. The third-order valence-electron chi connectivity index (χ3n) is 3.44. The Bertz CT molecular complexity index is 240. The van der Waals surface area contributed by atoms with Gasteiger partial charge in [-0.2, -0.15) is 0 Å². The second-order valence-corrected chi connectivity index (χ2v) is 5.32. The largest absolute Gasteiger partial charge is 0.367 e. The van der Waals surface area contributed by atoms with Crippen molar-refractivity contribution in [1.82, 2.24) is 10.6 Å². The summed E-state index contributed by atoms with van der Waals surface area (Å²) in [5.41, 5.74) is 0. The first kappa shape index (κ1) is 15.4. The molecule has 0 radical (unpaired) electrons. The van der Waals surface area contributed by atoms with Crippen molar-refractivity contribution in [2.45, 2.75) is 71.1 Å². The molecule has 18 heavy (non-hydrogen) atoms. The van der Waals surface area contributed by atoms with Crippen molar-refractivity contribution in [3.63, 3.8) is 0 Å². The number of nitrogens with one attached hydrogen (secondary N) is 2. The fourth-order valence-corrected chi connectivity index (χ4v) is 2.27.